The number of aliphatic hydroxyl groups is 1. The van der Waals surface area contributed by atoms with Crippen molar-refractivity contribution in [3.05, 3.63) is 57.5 Å². The average molecular weight is 303 g/mol. The molecule has 0 atom stereocenters. The van der Waals surface area contributed by atoms with Crippen LogP contribution in [0, 0.1) is 17.7 Å². The second-order valence-corrected chi connectivity index (χ2v) is 5.33. The monoisotopic (exact) mass is 303 g/mol. The molecule has 21 heavy (non-hydrogen) atoms. The first-order valence-electron chi connectivity index (χ1n) is 6.29. The van der Waals surface area contributed by atoms with Crippen LogP contribution in [0.15, 0.2) is 35.7 Å². The van der Waals surface area contributed by atoms with E-state index < -0.39 is 5.82 Å². The number of hydrogen-bond donors (Lipinski definition) is 1. The Morgan fingerprint density at radius 2 is 2.19 bits per heavy atom. The van der Waals surface area contributed by atoms with Gasteiger partial charge in [0, 0.05) is 13.6 Å². The van der Waals surface area contributed by atoms with E-state index in [0.717, 1.165) is 10.4 Å². The molecule has 1 amide bonds. The number of hydrogen-bond acceptors (Lipinski definition) is 3. The van der Waals surface area contributed by atoms with Crippen molar-refractivity contribution in [2.24, 2.45) is 0 Å². The Bertz CT molecular complexity index is 700. The van der Waals surface area contributed by atoms with Gasteiger partial charge in [-0.05, 0) is 29.1 Å². The molecule has 1 aromatic carbocycles. The quantitative estimate of drug-likeness (QED) is 0.885. The molecule has 5 heteroatoms. The summed E-state index contributed by atoms with van der Waals surface area (Å²) in [5.41, 5.74) is 0.991. The van der Waals surface area contributed by atoms with Crippen molar-refractivity contribution in [3.8, 4) is 11.8 Å². The van der Waals surface area contributed by atoms with Crippen LogP contribution in [0.2, 0.25) is 0 Å². The molecule has 0 saturated carbocycles. The molecule has 0 bridgehead atoms. The predicted octanol–water partition coefficient (Wildman–Crippen LogP) is 2.50. The summed E-state index contributed by atoms with van der Waals surface area (Å²) in [4.78, 5) is 14.5. The molecule has 0 aliphatic rings. The lowest BCUT2D eigenvalue weighted by atomic mass is 10.2. The normalized spacial score (nSPS) is 9.86. The van der Waals surface area contributed by atoms with Crippen LogP contribution in [0.1, 0.15) is 20.8 Å². The predicted molar refractivity (Wildman–Crippen MR) is 80.5 cm³/mol. The van der Waals surface area contributed by atoms with Gasteiger partial charge in [0.15, 0.2) is 0 Å². The van der Waals surface area contributed by atoms with Crippen molar-refractivity contribution in [2.45, 2.75) is 6.54 Å². The SMILES string of the molecule is CN(Cc1csc(C#CCO)c1)C(=O)c1ccccc1F. The Balaban J connectivity index is 2.07. The molecule has 2 rings (SSSR count). The zero-order valence-electron chi connectivity index (χ0n) is 11.5. The summed E-state index contributed by atoms with van der Waals surface area (Å²) in [5, 5.41) is 10.5. The highest BCUT2D eigenvalue weighted by Crippen LogP contribution is 2.17. The summed E-state index contributed by atoms with van der Waals surface area (Å²) in [5.74, 6) is 4.51. The molecule has 0 saturated heterocycles. The van der Waals surface area contributed by atoms with Gasteiger partial charge in [0.1, 0.15) is 12.4 Å². The van der Waals surface area contributed by atoms with Crippen molar-refractivity contribution in [1.29, 1.82) is 0 Å². The topological polar surface area (TPSA) is 40.5 Å². The number of rotatable bonds is 3. The van der Waals surface area contributed by atoms with Crippen LogP contribution < -0.4 is 0 Å². The first-order valence-corrected chi connectivity index (χ1v) is 7.17. The minimum Gasteiger partial charge on any atom is -0.384 e. The fourth-order valence-corrected chi connectivity index (χ4v) is 2.61. The van der Waals surface area contributed by atoms with Gasteiger partial charge in [0.25, 0.3) is 5.91 Å². The zero-order valence-corrected chi connectivity index (χ0v) is 12.3. The number of halogens is 1. The Hall–Kier alpha value is -2.16. The van der Waals surface area contributed by atoms with Crippen LogP contribution >= 0.6 is 11.3 Å². The first kappa shape index (κ1) is 15.2. The van der Waals surface area contributed by atoms with Gasteiger partial charge >= 0.3 is 0 Å². The fourth-order valence-electron chi connectivity index (χ4n) is 1.84. The van der Waals surface area contributed by atoms with Crippen LogP contribution in [0.4, 0.5) is 4.39 Å². The Kier molecular flexibility index (Phi) is 5.09. The third kappa shape index (κ3) is 3.91. The highest BCUT2D eigenvalue weighted by Gasteiger charge is 2.16. The summed E-state index contributed by atoms with van der Waals surface area (Å²) in [7, 11) is 1.63. The third-order valence-corrected chi connectivity index (χ3v) is 3.71. The lowest BCUT2D eigenvalue weighted by molar-refractivity contribution is 0.0780. The maximum Gasteiger partial charge on any atom is 0.256 e. The number of benzene rings is 1. The Labute approximate surface area is 126 Å². The molecule has 0 spiro atoms. The van der Waals surface area contributed by atoms with Crippen molar-refractivity contribution in [2.75, 3.05) is 13.7 Å². The highest BCUT2D eigenvalue weighted by atomic mass is 32.1. The summed E-state index contributed by atoms with van der Waals surface area (Å²) in [6, 6.07) is 7.79. The minimum atomic E-state index is -0.519. The number of carbonyl (C=O) groups is 1. The zero-order chi connectivity index (χ0) is 15.2. The van der Waals surface area contributed by atoms with Crippen molar-refractivity contribution in [3.63, 3.8) is 0 Å². The van der Waals surface area contributed by atoms with Gasteiger partial charge in [-0.25, -0.2) is 4.39 Å². The number of thiophene rings is 1. The van der Waals surface area contributed by atoms with Gasteiger partial charge in [0.05, 0.1) is 10.4 Å². The van der Waals surface area contributed by atoms with E-state index in [0.29, 0.717) is 6.54 Å². The largest absolute Gasteiger partial charge is 0.384 e. The smallest absolute Gasteiger partial charge is 0.256 e. The Morgan fingerprint density at radius 1 is 1.43 bits per heavy atom. The lowest BCUT2D eigenvalue weighted by Gasteiger charge is -2.16. The highest BCUT2D eigenvalue weighted by molar-refractivity contribution is 7.10. The van der Waals surface area contributed by atoms with Gasteiger partial charge in [-0.3, -0.25) is 4.79 Å². The number of carbonyl (C=O) groups excluding carboxylic acids is 1. The molecule has 0 radical (unpaired) electrons. The van der Waals surface area contributed by atoms with Gasteiger partial charge < -0.3 is 10.0 Å². The van der Waals surface area contributed by atoms with Crippen LogP contribution in [-0.4, -0.2) is 29.6 Å². The standard InChI is InChI=1S/C16H14FNO2S/c1-18(16(20)14-6-2-3-7-15(14)17)10-12-9-13(21-11-12)5-4-8-19/h2-3,6-7,9,11,19H,8,10H2,1H3. The summed E-state index contributed by atoms with van der Waals surface area (Å²) >= 11 is 1.45. The lowest BCUT2D eigenvalue weighted by Crippen LogP contribution is -2.26. The molecule has 0 unspecified atom stereocenters. The molecule has 3 nitrogen and oxygen atoms in total. The average Bonchev–Trinajstić information content (AvgIpc) is 2.92. The molecule has 2 aromatic rings. The van der Waals surface area contributed by atoms with Gasteiger partial charge in [-0.2, -0.15) is 0 Å². The summed E-state index contributed by atoms with van der Waals surface area (Å²) < 4.78 is 13.6. The maximum absolute atomic E-state index is 13.6. The molecule has 1 heterocycles. The molecule has 1 N–H and O–H groups in total. The molecule has 108 valence electrons. The number of aliphatic hydroxyl groups excluding tert-OH is 1. The fraction of sp³-hybridized carbons (Fsp3) is 0.188. The van der Waals surface area contributed by atoms with Gasteiger partial charge in [-0.1, -0.05) is 24.0 Å². The van der Waals surface area contributed by atoms with Crippen molar-refractivity contribution < 1.29 is 14.3 Å². The minimum absolute atomic E-state index is 0.0653. The molecule has 0 aliphatic carbocycles. The first-order chi connectivity index (χ1) is 10.1. The second-order valence-electron chi connectivity index (χ2n) is 4.42. The maximum atomic E-state index is 13.6. The van der Waals surface area contributed by atoms with Crippen molar-refractivity contribution in [1.82, 2.24) is 4.90 Å². The van der Waals surface area contributed by atoms with E-state index in [1.807, 2.05) is 11.4 Å². The van der Waals surface area contributed by atoms with E-state index in [9.17, 15) is 9.18 Å². The Morgan fingerprint density at radius 3 is 2.90 bits per heavy atom. The van der Waals surface area contributed by atoms with E-state index in [1.54, 1.807) is 19.2 Å². The van der Waals surface area contributed by atoms with Crippen LogP contribution in [0.25, 0.3) is 0 Å². The van der Waals surface area contributed by atoms with E-state index in [-0.39, 0.29) is 18.1 Å². The van der Waals surface area contributed by atoms with Gasteiger partial charge in [0.2, 0.25) is 0 Å². The van der Waals surface area contributed by atoms with Gasteiger partial charge in [-0.15, -0.1) is 11.3 Å². The molecular formula is C16H14FNO2S. The molecule has 0 aliphatic heterocycles. The van der Waals surface area contributed by atoms with E-state index in [4.69, 9.17) is 5.11 Å². The van der Waals surface area contributed by atoms with Crippen LogP contribution in [0.3, 0.4) is 0 Å². The second kappa shape index (κ2) is 7.02. The number of nitrogens with zero attached hydrogens (tertiary/aromatic N) is 1. The summed E-state index contributed by atoms with van der Waals surface area (Å²) in [6.07, 6.45) is 0. The number of amides is 1. The van der Waals surface area contributed by atoms with E-state index >= 15 is 0 Å². The van der Waals surface area contributed by atoms with Crippen LogP contribution in [-0.2, 0) is 6.54 Å². The molecule has 0 fully saturated rings. The third-order valence-electron chi connectivity index (χ3n) is 2.82. The summed E-state index contributed by atoms with van der Waals surface area (Å²) in [6.45, 7) is 0.198. The molecular weight excluding hydrogens is 289 g/mol. The molecule has 1 aromatic heterocycles. The van der Waals surface area contributed by atoms with Crippen molar-refractivity contribution >= 4 is 17.2 Å². The van der Waals surface area contributed by atoms with E-state index in [2.05, 4.69) is 11.8 Å². The van der Waals surface area contributed by atoms with Crippen LogP contribution in [0.5, 0.6) is 0 Å². The van der Waals surface area contributed by atoms with E-state index in [1.165, 1.54) is 28.4 Å².